The third kappa shape index (κ3) is 4.38. The van der Waals surface area contributed by atoms with Crippen LogP contribution in [0.25, 0.3) is 6.08 Å². The van der Waals surface area contributed by atoms with Crippen molar-refractivity contribution in [2.24, 2.45) is 4.99 Å². The Kier molecular flexibility index (Phi) is 6.93. The maximum absolute atomic E-state index is 14.2. The van der Waals surface area contributed by atoms with E-state index in [-0.39, 0.29) is 11.1 Å². The summed E-state index contributed by atoms with van der Waals surface area (Å²) >= 11 is 1.12. The van der Waals surface area contributed by atoms with E-state index in [0.717, 1.165) is 11.3 Å². The van der Waals surface area contributed by atoms with Gasteiger partial charge in [0.1, 0.15) is 5.82 Å². The van der Waals surface area contributed by atoms with Crippen LogP contribution in [0.15, 0.2) is 64.0 Å². The highest BCUT2D eigenvalue weighted by atomic mass is 32.1. The van der Waals surface area contributed by atoms with Crippen LogP contribution >= 0.6 is 11.3 Å². The summed E-state index contributed by atoms with van der Waals surface area (Å²) in [5.41, 5.74) is 0.713. The second-order valence-corrected chi connectivity index (χ2v) is 8.28. The first-order chi connectivity index (χ1) is 16.5. The van der Waals surface area contributed by atoms with E-state index >= 15 is 0 Å². The quantitative estimate of drug-likeness (QED) is 0.484. The van der Waals surface area contributed by atoms with Crippen LogP contribution in [-0.2, 0) is 9.53 Å². The fraction of sp³-hybridized carbons (Fsp3) is 0.240. The molecular formula is C25H23FN2O5S. The predicted octanol–water partition coefficient (Wildman–Crippen LogP) is 2.95. The third-order valence-electron chi connectivity index (χ3n) is 5.20. The molecule has 34 heavy (non-hydrogen) atoms. The number of esters is 1. The van der Waals surface area contributed by atoms with Gasteiger partial charge in [-0.2, -0.15) is 0 Å². The molecule has 0 saturated carbocycles. The van der Waals surface area contributed by atoms with Crippen LogP contribution in [-0.4, -0.2) is 30.9 Å². The van der Waals surface area contributed by atoms with Crippen LogP contribution < -0.4 is 24.4 Å². The maximum atomic E-state index is 14.2. The van der Waals surface area contributed by atoms with E-state index in [1.807, 2.05) is 13.8 Å². The van der Waals surface area contributed by atoms with E-state index < -0.39 is 23.4 Å². The standard InChI is InChI=1S/C25H23FN2O5S/c1-4-32-19-11-10-16(12-20(19)33-5-2)22-17(24(30)31-3)14-27-25-28(22)23(29)21(34-25)13-15-8-6-7-9-18(15)26/h6-14,22H,4-5H2,1-3H3/b21-13-/t22-/m0/s1. The van der Waals surface area contributed by atoms with E-state index in [1.165, 1.54) is 30.0 Å². The number of hydrogen-bond acceptors (Lipinski definition) is 7. The summed E-state index contributed by atoms with van der Waals surface area (Å²) in [5.74, 6) is 0.0113. The van der Waals surface area contributed by atoms with Crippen molar-refractivity contribution in [1.82, 2.24) is 4.57 Å². The zero-order valence-electron chi connectivity index (χ0n) is 18.9. The van der Waals surface area contributed by atoms with Gasteiger partial charge in [-0.25, -0.2) is 14.2 Å². The van der Waals surface area contributed by atoms with Crippen LogP contribution in [0.4, 0.5) is 4.39 Å². The molecule has 1 aromatic heterocycles. The summed E-state index contributed by atoms with van der Waals surface area (Å²) < 4.78 is 32.3. The van der Waals surface area contributed by atoms with Gasteiger partial charge in [-0.05, 0) is 43.7 Å². The van der Waals surface area contributed by atoms with Gasteiger partial charge >= 0.3 is 5.97 Å². The molecule has 4 rings (SSSR count). The van der Waals surface area contributed by atoms with Crippen molar-refractivity contribution in [3.63, 3.8) is 0 Å². The Morgan fingerprint density at radius 2 is 1.88 bits per heavy atom. The number of aromatic nitrogens is 1. The summed E-state index contributed by atoms with van der Waals surface area (Å²) in [6, 6.07) is 10.7. The van der Waals surface area contributed by atoms with Crippen LogP contribution in [0.1, 0.15) is 31.0 Å². The highest BCUT2D eigenvalue weighted by Crippen LogP contribution is 2.35. The Labute approximate surface area is 199 Å². The van der Waals surface area contributed by atoms with Gasteiger partial charge in [0.25, 0.3) is 5.56 Å². The van der Waals surface area contributed by atoms with E-state index in [2.05, 4.69) is 4.99 Å². The number of thiazole rings is 1. The number of ether oxygens (including phenoxy) is 3. The average Bonchev–Trinajstić information content (AvgIpc) is 3.16. The van der Waals surface area contributed by atoms with Crippen molar-refractivity contribution < 1.29 is 23.4 Å². The van der Waals surface area contributed by atoms with Gasteiger partial charge in [0.2, 0.25) is 0 Å². The number of nitrogens with zero attached hydrogens (tertiary/aromatic N) is 2. The minimum atomic E-state index is -0.804. The van der Waals surface area contributed by atoms with Gasteiger partial charge in [0.15, 0.2) is 16.3 Å². The van der Waals surface area contributed by atoms with Gasteiger partial charge in [0, 0.05) is 11.8 Å². The molecule has 0 amide bonds. The Bertz CT molecular complexity index is 1440. The van der Waals surface area contributed by atoms with Crippen molar-refractivity contribution in [3.8, 4) is 11.5 Å². The number of carbonyl (C=O) groups excluding carboxylic acids is 1. The number of halogens is 1. The fourth-order valence-electron chi connectivity index (χ4n) is 3.72. The molecule has 0 N–H and O–H groups in total. The summed E-state index contributed by atoms with van der Waals surface area (Å²) in [4.78, 5) is 30.8. The highest BCUT2D eigenvalue weighted by molar-refractivity contribution is 7.07. The molecule has 9 heteroatoms. The van der Waals surface area contributed by atoms with Gasteiger partial charge in [0.05, 0.1) is 36.5 Å². The van der Waals surface area contributed by atoms with E-state index in [0.29, 0.717) is 39.6 Å². The second kappa shape index (κ2) is 10.0. The lowest BCUT2D eigenvalue weighted by molar-refractivity contribution is -0.136. The van der Waals surface area contributed by atoms with Gasteiger partial charge in [-0.1, -0.05) is 35.6 Å². The van der Waals surface area contributed by atoms with Crippen LogP contribution in [0, 0.1) is 5.82 Å². The number of carbonyl (C=O) groups is 1. The van der Waals surface area contributed by atoms with Crippen molar-refractivity contribution in [2.75, 3.05) is 20.3 Å². The summed E-state index contributed by atoms with van der Waals surface area (Å²) in [7, 11) is 1.27. The molecule has 2 aromatic carbocycles. The minimum absolute atomic E-state index is 0.193. The molecule has 0 bridgehead atoms. The fourth-order valence-corrected chi connectivity index (χ4v) is 4.68. The average molecular weight is 483 g/mol. The first-order valence-electron chi connectivity index (χ1n) is 10.7. The second-order valence-electron chi connectivity index (χ2n) is 7.27. The van der Waals surface area contributed by atoms with E-state index in [9.17, 15) is 14.0 Å². The largest absolute Gasteiger partial charge is 0.490 e. The molecule has 1 aliphatic rings. The zero-order chi connectivity index (χ0) is 24.2. The van der Waals surface area contributed by atoms with Crippen molar-refractivity contribution in [1.29, 1.82) is 0 Å². The van der Waals surface area contributed by atoms with Gasteiger partial charge in [-0.15, -0.1) is 0 Å². The maximum Gasteiger partial charge on any atom is 0.337 e. The molecule has 0 spiro atoms. The monoisotopic (exact) mass is 482 g/mol. The van der Waals surface area contributed by atoms with E-state index in [1.54, 1.807) is 36.4 Å². The minimum Gasteiger partial charge on any atom is -0.490 e. The molecule has 7 nitrogen and oxygen atoms in total. The molecule has 0 unspecified atom stereocenters. The Balaban J connectivity index is 1.92. The first-order valence-corrected chi connectivity index (χ1v) is 11.5. The molecule has 1 atom stereocenters. The molecule has 0 radical (unpaired) electrons. The van der Waals surface area contributed by atoms with Crippen molar-refractivity contribution >= 4 is 23.4 Å². The van der Waals surface area contributed by atoms with E-state index in [4.69, 9.17) is 14.2 Å². The van der Waals surface area contributed by atoms with Gasteiger partial charge in [-0.3, -0.25) is 9.36 Å². The molecule has 3 aromatic rings. The molecule has 1 aliphatic heterocycles. The van der Waals surface area contributed by atoms with Crippen LogP contribution in [0.2, 0.25) is 0 Å². The predicted molar refractivity (Wildman–Crippen MR) is 126 cm³/mol. The summed E-state index contributed by atoms with van der Waals surface area (Å²) in [6.45, 7) is 4.59. The number of benzene rings is 2. The molecule has 0 aliphatic carbocycles. The molecule has 2 heterocycles. The third-order valence-corrected chi connectivity index (χ3v) is 6.20. The number of hydrogen-bond donors (Lipinski definition) is 0. The zero-order valence-corrected chi connectivity index (χ0v) is 19.7. The Morgan fingerprint density at radius 1 is 1.15 bits per heavy atom. The highest BCUT2D eigenvalue weighted by Gasteiger charge is 2.31. The smallest absolute Gasteiger partial charge is 0.337 e. The summed E-state index contributed by atoms with van der Waals surface area (Å²) in [5, 5.41) is 0. The topological polar surface area (TPSA) is 79.1 Å². The Hall–Kier alpha value is -3.72. The number of fused-ring (bicyclic) bond motifs is 1. The SMILES string of the molecule is CCOc1ccc([C@H]2C(C(=O)OC)=CN=c3s/c(=C\c4ccccc4F)c(=O)n32)cc1OCC. The Morgan fingerprint density at radius 3 is 2.59 bits per heavy atom. The lowest BCUT2D eigenvalue weighted by atomic mass is 9.97. The van der Waals surface area contributed by atoms with Crippen LogP contribution in [0.3, 0.4) is 0 Å². The molecular weight excluding hydrogens is 459 g/mol. The number of rotatable bonds is 7. The normalized spacial score (nSPS) is 15.2. The van der Waals surface area contributed by atoms with Crippen molar-refractivity contribution in [3.05, 3.63) is 90.9 Å². The van der Waals surface area contributed by atoms with Crippen molar-refractivity contribution in [2.45, 2.75) is 19.9 Å². The first kappa shape index (κ1) is 23.4. The molecule has 0 fully saturated rings. The lowest BCUT2D eigenvalue weighted by Gasteiger charge is -2.23. The van der Waals surface area contributed by atoms with Crippen LogP contribution in [0.5, 0.6) is 11.5 Å². The van der Waals surface area contributed by atoms with Gasteiger partial charge < -0.3 is 14.2 Å². The summed E-state index contributed by atoms with van der Waals surface area (Å²) in [6.07, 6.45) is 2.90. The molecule has 0 saturated heterocycles. The molecule has 176 valence electrons. The number of methoxy groups -OCH3 is 1. The lowest BCUT2D eigenvalue weighted by Crippen LogP contribution is -2.39.